The summed E-state index contributed by atoms with van der Waals surface area (Å²) >= 11 is 0. The average Bonchev–Trinajstić information content (AvgIpc) is 2.46. The first-order valence-electron chi connectivity index (χ1n) is 7.33. The third kappa shape index (κ3) is 3.81. The van der Waals surface area contributed by atoms with Crippen molar-refractivity contribution < 1.29 is 4.79 Å². The van der Waals surface area contributed by atoms with Gasteiger partial charge in [0.1, 0.15) is 0 Å². The Balaban J connectivity index is 1.86. The Bertz CT molecular complexity index is 444. The number of amides is 1. The summed E-state index contributed by atoms with van der Waals surface area (Å²) in [6.07, 6.45) is 1.20. The second kappa shape index (κ2) is 6.86. The van der Waals surface area contributed by atoms with Crippen LogP contribution in [0.1, 0.15) is 29.3 Å². The molecule has 2 unspecified atom stereocenters. The third-order valence-corrected chi connectivity index (χ3v) is 4.12. The fraction of sp³-hybridized carbons (Fsp3) is 0.562. The molecule has 4 nitrogen and oxygen atoms in total. The van der Waals surface area contributed by atoms with E-state index in [1.807, 2.05) is 24.3 Å². The summed E-state index contributed by atoms with van der Waals surface area (Å²) in [6, 6.07) is 8.40. The van der Waals surface area contributed by atoms with E-state index in [1.54, 1.807) is 7.05 Å². The van der Waals surface area contributed by atoms with Crippen molar-refractivity contribution in [2.75, 3.05) is 27.2 Å². The third-order valence-electron chi connectivity index (χ3n) is 4.12. The molecule has 0 radical (unpaired) electrons. The van der Waals surface area contributed by atoms with Crippen LogP contribution < -0.4 is 10.6 Å². The average molecular weight is 275 g/mol. The molecule has 110 valence electrons. The topological polar surface area (TPSA) is 44.4 Å². The van der Waals surface area contributed by atoms with Crippen LogP contribution in [0.3, 0.4) is 0 Å². The van der Waals surface area contributed by atoms with Gasteiger partial charge in [-0.25, -0.2) is 0 Å². The van der Waals surface area contributed by atoms with Crippen LogP contribution in [0.5, 0.6) is 0 Å². The molecule has 0 bridgehead atoms. The molecule has 0 aliphatic carbocycles. The van der Waals surface area contributed by atoms with Crippen LogP contribution in [0.2, 0.25) is 0 Å². The lowest BCUT2D eigenvalue weighted by atomic mass is 9.94. The second-order valence-corrected chi connectivity index (χ2v) is 5.79. The zero-order chi connectivity index (χ0) is 14.5. The van der Waals surface area contributed by atoms with E-state index < -0.39 is 0 Å². The molecule has 0 spiro atoms. The van der Waals surface area contributed by atoms with Crippen LogP contribution in [-0.2, 0) is 6.54 Å². The van der Waals surface area contributed by atoms with Crippen LogP contribution in [0.15, 0.2) is 24.3 Å². The predicted molar refractivity (Wildman–Crippen MR) is 81.7 cm³/mol. The summed E-state index contributed by atoms with van der Waals surface area (Å²) in [7, 11) is 3.84. The van der Waals surface area contributed by atoms with Crippen molar-refractivity contribution in [3.05, 3.63) is 35.4 Å². The quantitative estimate of drug-likeness (QED) is 0.875. The molecule has 4 heteroatoms. The Labute approximate surface area is 121 Å². The summed E-state index contributed by atoms with van der Waals surface area (Å²) in [4.78, 5) is 13.9. The number of nitrogens with one attached hydrogen (secondary N) is 2. The van der Waals surface area contributed by atoms with Crippen LogP contribution in [0.4, 0.5) is 0 Å². The first-order valence-corrected chi connectivity index (χ1v) is 7.33. The lowest BCUT2D eigenvalue weighted by Gasteiger charge is -2.35. The molecule has 2 rings (SSSR count). The minimum absolute atomic E-state index is 0.0338. The summed E-state index contributed by atoms with van der Waals surface area (Å²) in [5, 5.41) is 6.28. The minimum Gasteiger partial charge on any atom is -0.355 e. The highest BCUT2D eigenvalue weighted by Crippen LogP contribution is 2.16. The van der Waals surface area contributed by atoms with E-state index in [-0.39, 0.29) is 5.91 Å². The number of piperidine rings is 1. The molecule has 0 saturated carbocycles. The van der Waals surface area contributed by atoms with Crippen molar-refractivity contribution in [3.63, 3.8) is 0 Å². The largest absolute Gasteiger partial charge is 0.355 e. The predicted octanol–water partition coefficient (Wildman–Crippen LogP) is 1.48. The lowest BCUT2D eigenvalue weighted by Crippen LogP contribution is -2.46. The summed E-state index contributed by atoms with van der Waals surface area (Å²) in [5.41, 5.74) is 1.94. The summed E-state index contributed by atoms with van der Waals surface area (Å²) in [6.45, 7) is 5.50. The van der Waals surface area contributed by atoms with Gasteiger partial charge < -0.3 is 15.5 Å². The molecule has 1 aliphatic rings. The molecule has 1 aromatic carbocycles. The van der Waals surface area contributed by atoms with Gasteiger partial charge in [0.05, 0.1) is 0 Å². The van der Waals surface area contributed by atoms with E-state index in [2.05, 4.69) is 29.5 Å². The van der Waals surface area contributed by atoms with E-state index in [0.29, 0.717) is 17.5 Å². The van der Waals surface area contributed by atoms with Crippen molar-refractivity contribution >= 4 is 5.91 Å². The maximum Gasteiger partial charge on any atom is 0.251 e. The fourth-order valence-electron chi connectivity index (χ4n) is 2.82. The molecule has 1 fully saturated rings. The Kier molecular flexibility index (Phi) is 5.15. The van der Waals surface area contributed by atoms with Crippen molar-refractivity contribution in [1.82, 2.24) is 15.5 Å². The van der Waals surface area contributed by atoms with Crippen LogP contribution in [0.25, 0.3) is 0 Å². The van der Waals surface area contributed by atoms with Crippen LogP contribution in [-0.4, -0.2) is 44.0 Å². The Morgan fingerprint density at radius 2 is 2.05 bits per heavy atom. The van der Waals surface area contributed by atoms with Gasteiger partial charge in [-0.15, -0.1) is 0 Å². The second-order valence-electron chi connectivity index (χ2n) is 5.79. The monoisotopic (exact) mass is 275 g/mol. The number of carbonyl (C=O) groups excluding carboxylic acids is 1. The van der Waals surface area contributed by atoms with Crippen molar-refractivity contribution in [2.45, 2.75) is 25.9 Å². The van der Waals surface area contributed by atoms with Gasteiger partial charge in [0, 0.05) is 31.7 Å². The van der Waals surface area contributed by atoms with Crippen LogP contribution in [0, 0.1) is 5.92 Å². The summed E-state index contributed by atoms with van der Waals surface area (Å²) < 4.78 is 0. The number of hydrogen-bond acceptors (Lipinski definition) is 3. The molecule has 2 atom stereocenters. The highest BCUT2D eigenvalue weighted by Gasteiger charge is 2.23. The lowest BCUT2D eigenvalue weighted by molar-refractivity contribution is 0.0963. The van der Waals surface area contributed by atoms with E-state index in [0.717, 1.165) is 19.6 Å². The highest BCUT2D eigenvalue weighted by atomic mass is 16.1. The normalized spacial score (nSPS) is 23.6. The zero-order valence-corrected chi connectivity index (χ0v) is 12.6. The van der Waals surface area contributed by atoms with E-state index in [4.69, 9.17) is 0 Å². The van der Waals surface area contributed by atoms with Crippen molar-refractivity contribution in [1.29, 1.82) is 0 Å². The molecule has 1 saturated heterocycles. The van der Waals surface area contributed by atoms with Crippen molar-refractivity contribution in [2.24, 2.45) is 5.92 Å². The van der Waals surface area contributed by atoms with Gasteiger partial charge >= 0.3 is 0 Å². The first kappa shape index (κ1) is 15.0. The molecule has 1 aliphatic heterocycles. The maximum atomic E-state index is 11.5. The zero-order valence-electron chi connectivity index (χ0n) is 12.6. The number of likely N-dealkylation sites (tertiary alicyclic amines) is 1. The Hall–Kier alpha value is -1.39. The van der Waals surface area contributed by atoms with Crippen LogP contribution >= 0.6 is 0 Å². The smallest absolute Gasteiger partial charge is 0.251 e. The van der Waals surface area contributed by atoms with Gasteiger partial charge in [-0.1, -0.05) is 19.1 Å². The van der Waals surface area contributed by atoms with Gasteiger partial charge in [-0.05, 0) is 43.6 Å². The van der Waals surface area contributed by atoms with E-state index in [1.165, 1.54) is 12.0 Å². The first-order chi connectivity index (χ1) is 9.60. The van der Waals surface area contributed by atoms with Gasteiger partial charge in [-0.2, -0.15) is 0 Å². The Morgan fingerprint density at radius 1 is 1.35 bits per heavy atom. The van der Waals surface area contributed by atoms with Gasteiger partial charge in [0.25, 0.3) is 5.91 Å². The number of hydrogen-bond donors (Lipinski definition) is 2. The van der Waals surface area contributed by atoms with Crippen molar-refractivity contribution in [3.8, 4) is 0 Å². The number of rotatable bonds is 4. The van der Waals surface area contributed by atoms with Gasteiger partial charge in [0.15, 0.2) is 0 Å². The minimum atomic E-state index is -0.0338. The van der Waals surface area contributed by atoms with E-state index in [9.17, 15) is 4.79 Å². The van der Waals surface area contributed by atoms with E-state index >= 15 is 0 Å². The maximum absolute atomic E-state index is 11.5. The molecular formula is C16H25N3O. The highest BCUT2D eigenvalue weighted by molar-refractivity contribution is 5.93. The SMILES string of the molecule is CNC(=O)c1ccc(CNC2CCN(C)CC2C)cc1. The van der Waals surface area contributed by atoms with Gasteiger partial charge in [-0.3, -0.25) is 4.79 Å². The number of carbonyl (C=O) groups is 1. The molecular weight excluding hydrogens is 250 g/mol. The molecule has 1 amide bonds. The van der Waals surface area contributed by atoms with Gasteiger partial charge in [0.2, 0.25) is 0 Å². The standard InChI is InChI=1S/C16H25N3O/c1-12-11-19(3)9-8-15(12)18-10-13-4-6-14(7-5-13)16(20)17-2/h4-7,12,15,18H,8-11H2,1-3H3,(H,17,20). The number of benzene rings is 1. The molecule has 1 heterocycles. The number of nitrogens with zero attached hydrogens (tertiary/aromatic N) is 1. The molecule has 20 heavy (non-hydrogen) atoms. The molecule has 2 N–H and O–H groups in total. The molecule has 1 aromatic rings. The summed E-state index contributed by atoms with van der Waals surface area (Å²) in [5.74, 6) is 0.646. The molecule has 0 aromatic heterocycles. The fourth-order valence-corrected chi connectivity index (χ4v) is 2.82. The Morgan fingerprint density at radius 3 is 2.65 bits per heavy atom.